The van der Waals surface area contributed by atoms with Crippen molar-refractivity contribution in [1.29, 1.82) is 0 Å². The summed E-state index contributed by atoms with van der Waals surface area (Å²) in [6, 6.07) is -2.24. The van der Waals surface area contributed by atoms with Crippen molar-refractivity contribution >= 4 is 23.1 Å². The molecule has 0 aromatic carbocycles. The summed E-state index contributed by atoms with van der Waals surface area (Å²) in [7, 11) is 0. The molecule has 7 nitrogen and oxygen atoms in total. The summed E-state index contributed by atoms with van der Waals surface area (Å²) in [4.78, 5) is 19.8. The third-order valence-corrected chi connectivity index (χ3v) is 5.70. The van der Waals surface area contributed by atoms with Gasteiger partial charge >= 0.3 is 12.4 Å². The lowest BCUT2D eigenvalue weighted by atomic mass is 10.1. The van der Waals surface area contributed by atoms with Crippen LogP contribution in [0.1, 0.15) is 28.7 Å². The number of aromatic nitrogens is 2. The summed E-state index contributed by atoms with van der Waals surface area (Å²) in [6.45, 7) is 1.37. The molecule has 0 saturated carbocycles. The molecule has 0 radical (unpaired) electrons. The Balaban J connectivity index is 1.87. The first kappa shape index (κ1) is 24.2. The van der Waals surface area contributed by atoms with Crippen LogP contribution in [-0.4, -0.2) is 58.6 Å². The topological polar surface area (TPSA) is 96.4 Å². The van der Waals surface area contributed by atoms with Crippen LogP contribution in [0.15, 0.2) is 18.5 Å². The molecule has 2 aromatic rings. The Bertz CT molecular complexity index is 965. The van der Waals surface area contributed by atoms with Crippen LogP contribution in [0.25, 0.3) is 10.4 Å². The van der Waals surface area contributed by atoms with E-state index in [0.29, 0.717) is 17.4 Å². The number of nitrogens with zero attached hydrogens (tertiary/aromatic N) is 2. The van der Waals surface area contributed by atoms with Gasteiger partial charge in [-0.1, -0.05) is 6.92 Å². The first-order valence-electron chi connectivity index (χ1n) is 9.33. The molecule has 1 saturated heterocycles. The molecule has 1 amide bonds. The number of rotatable bonds is 6. The monoisotopic (exact) mass is 484 g/mol. The van der Waals surface area contributed by atoms with Crippen LogP contribution in [0, 0.1) is 0 Å². The number of aliphatic hydroxyl groups is 1. The molecule has 1 aliphatic rings. The number of thiazole rings is 1. The fraction of sp³-hybridized carbons (Fsp3) is 0.500. The van der Waals surface area contributed by atoms with Crippen LogP contribution in [0.5, 0.6) is 0 Å². The van der Waals surface area contributed by atoms with Gasteiger partial charge in [-0.25, -0.2) is 9.97 Å². The van der Waals surface area contributed by atoms with Gasteiger partial charge in [-0.2, -0.15) is 26.3 Å². The fourth-order valence-corrected chi connectivity index (χ4v) is 3.82. The second-order valence-electron chi connectivity index (χ2n) is 6.97. The standard InChI is InChI=1S/C18H18F6N4O3S/c1-2-13(18(22,23)24)28-14-3-9(17(19,20)21)8(4-25-14)12-5-26-16(32-12)15(30)27-10-6-31-7-11(10)29/h3-5,10-11,13,29H,2,6-7H2,1H3,(H,25,28)(H,27,30)/t10-,11-,13-/m0/s1. The lowest BCUT2D eigenvalue weighted by Gasteiger charge is -2.21. The molecule has 0 spiro atoms. The van der Waals surface area contributed by atoms with Crippen LogP contribution in [-0.2, 0) is 10.9 Å². The minimum atomic E-state index is -4.90. The van der Waals surface area contributed by atoms with Gasteiger partial charge in [-0.05, 0) is 12.5 Å². The molecular formula is C18H18F6N4O3S. The number of alkyl halides is 6. The van der Waals surface area contributed by atoms with E-state index in [9.17, 15) is 36.2 Å². The number of halogens is 6. The number of carbonyl (C=O) groups is 1. The van der Waals surface area contributed by atoms with Crippen molar-refractivity contribution in [2.45, 2.75) is 43.9 Å². The van der Waals surface area contributed by atoms with Crippen LogP contribution < -0.4 is 10.6 Å². The molecule has 176 valence electrons. The van der Waals surface area contributed by atoms with Crippen molar-refractivity contribution in [3.8, 4) is 10.4 Å². The van der Waals surface area contributed by atoms with Gasteiger partial charge in [-0.3, -0.25) is 4.79 Å². The molecule has 1 aliphatic heterocycles. The van der Waals surface area contributed by atoms with E-state index in [1.165, 1.54) is 6.92 Å². The Morgan fingerprint density at radius 2 is 1.97 bits per heavy atom. The Morgan fingerprint density at radius 1 is 1.25 bits per heavy atom. The Kier molecular flexibility index (Phi) is 6.95. The average molecular weight is 484 g/mol. The van der Waals surface area contributed by atoms with Crippen LogP contribution in [0.2, 0.25) is 0 Å². The molecular weight excluding hydrogens is 466 g/mol. The quantitative estimate of drug-likeness (QED) is 0.544. The van der Waals surface area contributed by atoms with Gasteiger partial charge in [0.25, 0.3) is 5.91 Å². The normalized spacial score (nSPS) is 20.2. The van der Waals surface area contributed by atoms with Gasteiger partial charge in [0.05, 0.1) is 35.8 Å². The summed E-state index contributed by atoms with van der Waals surface area (Å²) >= 11 is 0.651. The number of pyridine rings is 1. The molecule has 3 rings (SSSR count). The molecule has 14 heteroatoms. The molecule has 0 bridgehead atoms. The highest BCUT2D eigenvalue weighted by Crippen LogP contribution is 2.40. The first-order valence-corrected chi connectivity index (χ1v) is 10.1. The zero-order valence-electron chi connectivity index (χ0n) is 16.4. The minimum Gasteiger partial charge on any atom is -0.388 e. The van der Waals surface area contributed by atoms with Crippen molar-refractivity contribution in [3.05, 3.63) is 29.0 Å². The largest absolute Gasteiger partial charge is 0.417 e. The fourth-order valence-electron chi connectivity index (χ4n) is 2.97. The Hall–Kier alpha value is -2.45. The van der Waals surface area contributed by atoms with Gasteiger partial charge < -0.3 is 20.5 Å². The maximum atomic E-state index is 13.6. The molecule has 3 N–H and O–H groups in total. The highest BCUT2D eigenvalue weighted by molar-refractivity contribution is 7.17. The highest BCUT2D eigenvalue weighted by Gasteiger charge is 2.40. The van der Waals surface area contributed by atoms with E-state index in [1.54, 1.807) is 0 Å². The van der Waals surface area contributed by atoms with E-state index < -0.39 is 59.8 Å². The maximum absolute atomic E-state index is 13.6. The highest BCUT2D eigenvalue weighted by atomic mass is 32.1. The summed E-state index contributed by atoms with van der Waals surface area (Å²) in [5, 5.41) is 14.0. The zero-order valence-corrected chi connectivity index (χ0v) is 17.2. The second-order valence-corrected chi connectivity index (χ2v) is 8.00. The van der Waals surface area contributed by atoms with E-state index >= 15 is 0 Å². The third-order valence-electron chi connectivity index (χ3n) is 4.67. The molecule has 0 unspecified atom stereocenters. The van der Waals surface area contributed by atoms with Crippen molar-refractivity contribution in [1.82, 2.24) is 15.3 Å². The Labute approximate surface area is 181 Å². The number of hydrogen-bond donors (Lipinski definition) is 3. The van der Waals surface area contributed by atoms with Crippen molar-refractivity contribution < 1.29 is 41.0 Å². The molecule has 3 atom stereocenters. The van der Waals surface area contributed by atoms with Crippen molar-refractivity contribution in [2.75, 3.05) is 18.5 Å². The number of amides is 1. The van der Waals surface area contributed by atoms with Gasteiger partial charge in [0, 0.05) is 18.0 Å². The molecule has 32 heavy (non-hydrogen) atoms. The number of anilines is 1. The SMILES string of the molecule is CC[C@H](Nc1cc(C(F)(F)F)c(-c2cnc(C(=O)N[C@H]3COC[C@@H]3O)s2)cn1)C(F)(F)F. The predicted molar refractivity (Wildman–Crippen MR) is 102 cm³/mol. The summed E-state index contributed by atoms with van der Waals surface area (Å²) in [5.74, 6) is -1.28. The van der Waals surface area contributed by atoms with Crippen LogP contribution in [0.3, 0.4) is 0 Å². The van der Waals surface area contributed by atoms with Gasteiger partial charge in [0.2, 0.25) is 0 Å². The third kappa shape index (κ3) is 5.48. The number of aliphatic hydroxyl groups excluding tert-OH is 1. The van der Waals surface area contributed by atoms with E-state index in [-0.39, 0.29) is 23.1 Å². The summed E-state index contributed by atoms with van der Waals surface area (Å²) in [5.41, 5.74) is -1.65. The number of carbonyl (C=O) groups excluding carboxylic acids is 1. The number of hydrogen-bond acceptors (Lipinski definition) is 7. The van der Waals surface area contributed by atoms with Gasteiger partial charge in [-0.15, -0.1) is 11.3 Å². The number of ether oxygens (including phenoxy) is 1. The predicted octanol–water partition coefficient (Wildman–Crippen LogP) is 3.47. The van der Waals surface area contributed by atoms with Gasteiger partial charge in [0.1, 0.15) is 11.9 Å². The van der Waals surface area contributed by atoms with Crippen molar-refractivity contribution in [3.63, 3.8) is 0 Å². The van der Waals surface area contributed by atoms with Crippen molar-refractivity contribution in [2.24, 2.45) is 0 Å². The van der Waals surface area contributed by atoms with E-state index in [1.807, 2.05) is 5.32 Å². The molecule has 0 aliphatic carbocycles. The smallest absolute Gasteiger partial charge is 0.388 e. The van der Waals surface area contributed by atoms with Gasteiger partial charge in [0.15, 0.2) is 5.01 Å². The number of nitrogens with one attached hydrogen (secondary N) is 2. The summed E-state index contributed by atoms with van der Waals surface area (Å²) in [6.07, 6.45) is -9.04. The van der Waals surface area contributed by atoms with Crippen LogP contribution >= 0.6 is 11.3 Å². The summed E-state index contributed by atoms with van der Waals surface area (Å²) < 4.78 is 84.8. The molecule has 3 heterocycles. The lowest BCUT2D eigenvalue weighted by Crippen LogP contribution is -2.42. The molecule has 1 fully saturated rings. The lowest BCUT2D eigenvalue weighted by molar-refractivity contribution is -0.142. The first-order chi connectivity index (χ1) is 14.9. The average Bonchev–Trinajstić information content (AvgIpc) is 3.34. The maximum Gasteiger partial charge on any atom is 0.417 e. The van der Waals surface area contributed by atoms with E-state index in [0.717, 1.165) is 12.4 Å². The second kappa shape index (κ2) is 9.19. The van der Waals surface area contributed by atoms with E-state index in [2.05, 4.69) is 15.3 Å². The zero-order chi connectivity index (χ0) is 23.7. The Morgan fingerprint density at radius 3 is 2.53 bits per heavy atom. The van der Waals surface area contributed by atoms with E-state index in [4.69, 9.17) is 4.74 Å². The van der Waals surface area contributed by atoms with Crippen LogP contribution in [0.4, 0.5) is 32.2 Å². The minimum absolute atomic E-state index is 0.0439. The molecule has 2 aromatic heterocycles.